The van der Waals surface area contributed by atoms with E-state index in [1.165, 1.54) is 16.9 Å². The molecule has 4 rings (SSSR count). The fraction of sp³-hybridized carbons (Fsp3) is 0.333. The average Bonchev–Trinajstić information content (AvgIpc) is 3.22. The van der Waals surface area contributed by atoms with E-state index < -0.39 is 35.0 Å². The van der Waals surface area contributed by atoms with Gasteiger partial charge in [0.15, 0.2) is 0 Å². The summed E-state index contributed by atoms with van der Waals surface area (Å²) in [6.07, 6.45) is -1.67. The topological polar surface area (TPSA) is 87.5 Å². The van der Waals surface area contributed by atoms with Crippen molar-refractivity contribution in [2.75, 3.05) is 10.9 Å². The molecule has 0 fully saturated rings. The van der Waals surface area contributed by atoms with Crippen LogP contribution < -0.4 is 4.31 Å². The van der Waals surface area contributed by atoms with E-state index in [1.54, 1.807) is 37.3 Å². The van der Waals surface area contributed by atoms with Crippen LogP contribution in [0.25, 0.3) is 11.1 Å². The van der Waals surface area contributed by atoms with Crippen molar-refractivity contribution in [1.82, 2.24) is 9.78 Å². The largest absolute Gasteiger partial charge is 0.755 e. The zero-order chi connectivity index (χ0) is 25.2. The Labute approximate surface area is 202 Å². The van der Waals surface area contributed by atoms with E-state index in [-0.39, 0.29) is 24.4 Å². The number of hydrogen-bond donors (Lipinski definition) is 0. The van der Waals surface area contributed by atoms with Crippen molar-refractivity contribution in [3.05, 3.63) is 71.5 Å². The number of anilines is 1. The molecule has 35 heavy (non-hydrogen) atoms. The second-order valence-electron chi connectivity index (χ2n) is 8.09. The van der Waals surface area contributed by atoms with E-state index in [2.05, 4.69) is 5.10 Å². The standard InChI is InChI=1S/C24H24F3N3O4S/c1-2-34-23(31)15-29-21-9-6-10-22(20(21)14-28-29)30(35(32)33)19-12-17(16-7-4-3-5-8-16)11-18(13-19)24(25,26)27/h3-5,7-8,11-14,22H,2,6,9-10,15H2,1H3,(H,32,33)/p-1. The van der Waals surface area contributed by atoms with E-state index in [0.717, 1.165) is 16.4 Å². The monoisotopic (exact) mass is 506 g/mol. The maximum atomic E-state index is 13.8. The Kier molecular flexibility index (Phi) is 7.27. The summed E-state index contributed by atoms with van der Waals surface area (Å²) in [4.78, 5) is 11.9. The Bertz CT molecular complexity index is 1230. The number of ether oxygens (including phenoxy) is 1. The van der Waals surface area contributed by atoms with E-state index >= 15 is 0 Å². The molecule has 0 spiro atoms. The normalized spacial score (nSPS) is 16.4. The second-order valence-corrected chi connectivity index (χ2v) is 8.92. The number of rotatable bonds is 7. The van der Waals surface area contributed by atoms with Crippen LogP contribution in [0.5, 0.6) is 0 Å². The number of alkyl halides is 3. The van der Waals surface area contributed by atoms with Crippen LogP contribution in [0.3, 0.4) is 0 Å². The van der Waals surface area contributed by atoms with E-state index in [1.807, 2.05) is 0 Å². The molecule has 0 N–H and O–H groups in total. The van der Waals surface area contributed by atoms with E-state index in [9.17, 15) is 26.7 Å². The highest BCUT2D eigenvalue weighted by Crippen LogP contribution is 2.41. The quantitative estimate of drug-likeness (QED) is 0.339. The third kappa shape index (κ3) is 5.40. The number of fused-ring (bicyclic) bond motifs is 1. The molecule has 11 heteroatoms. The molecule has 1 aromatic heterocycles. The van der Waals surface area contributed by atoms with Gasteiger partial charge in [0.2, 0.25) is 0 Å². The SMILES string of the molecule is CCOC(=O)Cn1ncc2c1CCCC2N(c1cc(-c2ccccc2)cc(C(F)(F)F)c1)S(=O)[O-]. The number of benzene rings is 2. The molecule has 0 radical (unpaired) electrons. The Hall–Kier alpha value is -3.18. The smallest absolute Gasteiger partial charge is 0.416 e. The van der Waals surface area contributed by atoms with Gasteiger partial charge in [0.1, 0.15) is 6.54 Å². The van der Waals surface area contributed by atoms with Gasteiger partial charge < -0.3 is 9.29 Å². The van der Waals surface area contributed by atoms with Crippen LogP contribution in [-0.2, 0) is 39.9 Å². The lowest BCUT2D eigenvalue weighted by Crippen LogP contribution is -2.33. The first-order valence-electron chi connectivity index (χ1n) is 11.1. The molecule has 1 heterocycles. The lowest BCUT2D eigenvalue weighted by Gasteiger charge is -2.37. The molecular formula is C24H23F3N3O4S-. The highest BCUT2D eigenvalue weighted by Gasteiger charge is 2.35. The molecule has 0 amide bonds. The first-order chi connectivity index (χ1) is 16.7. The molecule has 7 nitrogen and oxygen atoms in total. The maximum absolute atomic E-state index is 13.8. The van der Waals surface area contributed by atoms with Crippen molar-refractivity contribution < 1.29 is 31.5 Å². The molecule has 1 aliphatic carbocycles. The molecule has 0 saturated carbocycles. The van der Waals surface area contributed by atoms with Gasteiger partial charge >= 0.3 is 12.1 Å². The van der Waals surface area contributed by atoms with Gasteiger partial charge in [-0.05, 0) is 55.5 Å². The molecule has 3 aromatic rings. The number of esters is 1. The van der Waals surface area contributed by atoms with Crippen LogP contribution in [-0.4, -0.2) is 31.1 Å². The fourth-order valence-electron chi connectivity index (χ4n) is 4.37. The third-order valence-corrected chi connectivity index (χ3v) is 6.65. The minimum Gasteiger partial charge on any atom is -0.755 e. The van der Waals surface area contributed by atoms with Gasteiger partial charge in [-0.1, -0.05) is 30.3 Å². The molecule has 0 bridgehead atoms. The Morgan fingerprint density at radius 2 is 1.97 bits per heavy atom. The molecule has 186 valence electrons. The molecule has 2 atom stereocenters. The predicted molar refractivity (Wildman–Crippen MR) is 123 cm³/mol. The number of aromatic nitrogens is 2. The summed E-state index contributed by atoms with van der Waals surface area (Å²) in [7, 11) is 0. The maximum Gasteiger partial charge on any atom is 0.416 e. The summed E-state index contributed by atoms with van der Waals surface area (Å²) >= 11 is -2.88. The van der Waals surface area contributed by atoms with Gasteiger partial charge in [0.05, 0.1) is 30.1 Å². The molecule has 0 aliphatic heterocycles. The summed E-state index contributed by atoms with van der Waals surface area (Å²) < 4.78 is 73.6. The van der Waals surface area contributed by atoms with Crippen LogP contribution in [0.4, 0.5) is 18.9 Å². The highest BCUT2D eigenvalue weighted by molar-refractivity contribution is 7.80. The molecular weight excluding hydrogens is 483 g/mol. The lowest BCUT2D eigenvalue weighted by atomic mass is 9.92. The minimum atomic E-state index is -4.67. The van der Waals surface area contributed by atoms with Crippen molar-refractivity contribution in [3.8, 4) is 11.1 Å². The summed E-state index contributed by atoms with van der Waals surface area (Å²) in [5, 5.41) is 4.24. The summed E-state index contributed by atoms with van der Waals surface area (Å²) in [6.45, 7) is 1.78. The fourth-order valence-corrected chi connectivity index (χ4v) is 5.08. The Morgan fingerprint density at radius 1 is 1.23 bits per heavy atom. The zero-order valence-electron chi connectivity index (χ0n) is 18.8. The number of halogens is 3. The van der Waals surface area contributed by atoms with Gasteiger partial charge in [0, 0.05) is 22.5 Å². The van der Waals surface area contributed by atoms with Crippen molar-refractivity contribution in [2.45, 2.75) is 44.9 Å². The van der Waals surface area contributed by atoms with Gasteiger partial charge in [-0.2, -0.15) is 18.3 Å². The van der Waals surface area contributed by atoms with Crippen LogP contribution in [0.1, 0.15) is 42.6 Å². The van der Waals surface area contributed by atoms with Crippen molar-refractivity contribution in [1.29, 1.82) is 0 Å². The van der Waals surface area contributed by atoms with E-state index in [4.69, 9.17) is 4.74 Å². The Balaban J connectivity index is 1.78. The molecule has 1 aliphatic rings. The van der Waals surface area contributed by atoms with Crippen LogP contribution in [0, 0.1) is 0 Å². The van der Waals surface area contributed by atoms with Gasteiger partial charge in [-0.15, -0.1) is 0 Å². The molecule has 2 unspecified atom stereocenters. The molecule has 2 aromatic carbocycles. The summed E-state index contributed by atoms with van der Waals surface area (Å²) in [5.41, 5.74) is 0.966. The van der Waals surface area contributed by atoms with Crippen molar-refractivity contribution in [3.63, 3.8) is 0 Å². The number of carbonyl (C=O) groups excluding carboxylic acids is 1. The highest BCUT2D eigenvalue weighted by atomic mass is 32.2. The zero-order valence-corrected chi connectivity index (χ0v) is 19.6. The Morgan fingerprint density at radius 3 is 2.63 bits per heavy atom. The van der Waals surface area contributed by atoms with Crippen molar-refractivity contribution >= 4 is 22.9 Å². The predicted octanol–water partition coefficient (Wildman–Crippen LogP) is 4.81. The first kappa shape index (κ1) is 24.9. The average molecular weight is 507 g/mol. The first-order valence-corrected chi connectivity index (χ1v) is 12.1. The van der Waals surface area contributed by atoms with Crippen LogP contribution in [0.2, 0.25) is 0 Å². The van der Waals surface area contributed by atoms with Gasteiger partial charge in [0.25, 0.3) is 0 Å². The van der Waals surface area contributed by atoms with Crippen LogP contribution >= 0.6 is 0 Å². The number of nitrogens with zero attached hydrogens (tertiary/aromatic N) is 3. The molecule has 0 saturated heterocycles. The third-order valence-electron chi connectivity index (χ3n) is 5.87. The summed E-state index contributed by atoms with van der Waals surface area (Å²) in [6, 6.07) is 11.0. The lowest BCUT2D eigenvalue weighted by molar-refractivity contribution is -0.144. The summed E-state index contributed by atoms with van der Waals surface area (Å²) in [5.74, 6) is -0.477. The number of carbonyl (C=O) groups is 1. The second kappa shape index (κ2) is 10.2. The van der Waals surface area contributed by atoms with Crippen molar-refractivity contribution in [2.24, 2.45) is 0 Å². The van der Waals surface area contributed by atoms with E-state index in [0.29, 0.717) is 36.1 Å². The minimum absolute atomic E-state index is 0.0944. The van der Waals surface area contributed by atoms with Gasteiger partial charge in [-0.25, -0.2) is 0 Å². The number of hydrogen-bond acceptors (Lipinski definition) is 5. The van der Waals surface area contributed by atoms with Crippen LogP contribution in [0.15, 0.2) is 54.7 Å². The van der Waals surface area contributed by atoms with Gasteiger partial charge in [-0.3, -0.25) is 18.0 Å².